The predicted molar refractivity (Wildman–Crippen MR) is 71.3 cm³/mol. The Kier molecular flexibility index (Phi) is 5.59. The van der Waals surface area contributed by atoms with Crippen LogP contribution >= 0.6 is 0 Å². The highest BCUT2D eigenvalue weighted by atomic mass is 16.2. The Hall–Kier alpha value is -1.10. The summed E-state index contributed by atoms with van der Waals surface area (Å²) in [5.74, 6) is -0.270. The van der Waals surface area contributed by atoms with E-state index in [0.29, 0.717) is 12.0 Å². The van der Waals surface area contributed by atoms with E-state index in [9.17, 15) is 9.59 Å². The number of rotatable bonds is 7. The first kappa shape index (κ1) is 15.0. The van der Waals surface area contributed by atoms with Gasteiger partial charge in [0.2, 0.25) is 5.91 Å². The molecule has 0 spiro atoms. The first-order valence-electron chi connectivity index (χ1n) is 6.85. The van der Waals surface area contributed by atoms with E-state index in [4.69, 9.17) is 0 Å². The summed E-state index contributed by atoms with van der Waals surface area (Å²) in [4.78, 5) is 22.9. The molecule has 5 nitrogen and oxygen atoms in total. The van der Waals surface area contributed by atoms with E-state index in [1.54, 1.807) is 6.92 Å². The smallest absolute Gasteiger partial charge is 0.321 e. The van der Waals surface area contributed by atoms with Crippen molar-refractivity contribution < 1.29 is 9.59 Å². The summed E-state index contributed by atoms with van der Waals surface area (Å²) < 4.78 is 0. The molecule has 1 fully saturated rings. The summed E-state index contributed by atoms with van der Waals surface area (Å²) in [5.41, 5.74) is 0.412. The summed E-state index contributed by atoms with van der Waals surface area (Å²) in [6.45, 7) is 7.17. The van der Waals surface area contributed by atoms with Crippen LogP contribution in [0.5, 0.6) is 0 Å². The maximum atomic E-state index is 11.7. The molecular formula is C13H25N3O2. The number of hydrogen-bond donors (Lipinski definition) is 3. The first-order valence-corrected chi connectivity index (χ1v) is 6.85. The van der Waals surface area contributed by atoms with E-state index in [2.05, 4.69) is 22.9 Å². The Morgan fingerprint density at radius 1 is 1.28 bits per heavy atom. The van der Waals surface area contributed by atoms with Gasteiger partial charge in [-0.3, -0.25) is 10.1 Å². The van der Waals surface area contributed by atoms with Crippen molar-refractivity contribution in [2.45, 2.75) is 52.5 Å². The molecule has 18 heavy (non-hydrogen) atoms. The van der Waals surface area contributed by atoms with Gasteiger partial charge in [0.1, 0.15) is 0 Å². The molecule has 0 saturated heterocycles. The molecule has 0 heterocycles. The lowest BCUT2D eigenvalue weighted by molar-refractivity contribution is -0.121. The quantitative estimate of drug-likeness (QED) is 0.644. The lowest BCUT2D eigenvalue weighted by atomic mass is 10.0. The van der Waals surface area contributed by atoms with Gasteiger partial charge < -0.3 is 10.6 Å². The Morgan fingerprint density at radius 2 is 1.94 bits per heavy atom. The van der Waals surface area contributed by atoms with Crippen LogP contribution in [-0.2, 0) is 4.79 Å². The summed E-state index contributed by atoms with van der Waals surface area (Å²) in [7, 11) is 0. The number of hydrogen-bond acceptors (Lipinski definition) is 3. The van der Waals surface area contributed by atoms with Crippen LogP contribution in [0.25, 0.3) is 0 Å². The zero-order valence-electron chi connectivity index (χ0n) is 11.6. The number of nitrogens with one attached hydrogen (secondary N) is 3. The van der Waals surface area contributed by atoms with Gasteiger partial charge >= 0.3 is 6.03 Å². The van der Waals surface area contributed by atoms with Gasteiger partial charge in [0, 0.05) is 13.1 Å². The second-order valence-electron chi connectivity index (χ2n) is 5.20. The molecule has 0 aromatic carbocycles. The largest absolute Gasteiger partial charge is 0.338 e. The Balaban J connectivity index is 2.25. The summed E-state index contributed by atoms with van der Waals surface area (Å²) in [6, 6.07) is -0.757. The molecule has 0 aliphatic heterocycles. The molecule has 1 saturated carbocycles. The molecule has 0 aromatic heterocycles. The molecular weight excluding hydrogens is 230 g/mol. The fourth-order valence-electron chi connectivity index (χ4n) is 2.11. The van der Waals surface area contributed by atoms with Crippen LogP contribution in [-0.4, -0.2) is 31.1 Å². The second-order valence-corrected chi connectivity index (χ2v) is 5.20. The highest BCUT2D eigenvalue weighted by Crippen LogP contribution is 2.48. The Morgan fingerprint density at radius 3 is 2.44 bits per heavy atom. The maximum Gasteiger partial charge on any atom is 0.321 e. The molecule has 5 heteroatoms. The molecule has 1 unspecified atom stereocenters. The zero-order valence-corrected chi connectivity index (χ0v) is 11.6. The van der Waals surface area contributed by atoms with Crippen molar-refractivity contribution >= 4 is 11.9 Å². The van der Waals surface area contributed by atoms with Crippen molar-refractivity contribution in [3.63, 3.8) is 0 Å². The van der Waals surface area contributed by atoms with Crippen LogP contribution < -0.4 is 16.0 Å². The van der Waals surface area contributed by atoms with Crippen LogP contribution in [0.4, 0.5) is 4.79 Å². The standard InChI is InChI=1S/C13H25N3O2/c1-4-6-13(7-8-13)9-15-10(3)11(17)16-12(18)14-5-2/h10,15H,4-9H2,1-3H3,(H2,14,16,17,18). The first-order chi connectivity index (χ1) is 8.53. The molecule has 104 valence electrons. The van der Waals surface area contributed by atoms with Gasteiger partial charge in [-0.25, -0.2) is 4.79 Å². The minimum absolute atomic E-state index is 0.270. The predicted octanol–water partition coefficient (Wildman–Crippen LogP) is 1.39. The maximum absolute atomic E-state index is 11.7. The number of amides is 3. The van der Waals surface area contributed by atoms with E-state index in [0.717, 1.165) is 6.54 Å². The van der Waals surface area contributed by atoms with Crippen molar-refractivity contribution in [1.82, 2.24) is 16.0 Å². The molecule has 1 atom stereocenters. The van der Waals surface area contributed by atoms with Gasteiger partial charge in [-0.2, -0.15) is 0 Å². The Labute approximate surface area is 109 Å². The number of urea groups is 1. The van der Waals surface area contributed by atoms with Crippen molar-refractivity contribution in [3.8, 4) is 0 Å². The minimum Gasteiger partial charge on any atom is -0.338 e. The molecule has 3 amide bonds. The molecule has 3 N–H and O–H groups in total. The molecule has 1 aliphatic carbocycles. The summed E-state index contributed by atoms with van der Waals surface area (Å²) in [5, 5.41) is 8.08. The van der Waals surface area contributed by atoms with Gasteiger partial charge in [0.25, 0.3) is 0 Å². The average Bonchev–Trinajstić information content (AvgIpc) is 3.07. The number of imide groups is 1. The fraction of sp³-hybridized carbons (Fsp3) is 0.846. The van der Waals surface area contributed by atoms with Crippen molar-refractivity contribution in [3.05, 3.63) is 0 Å². The SMILES string of the molecule is CCCC1(CNC(C)C(=O)NC(=O)NCC)CC1. The molecule has 0 bridgehead atoms. The van der Waals surface area contributed by atoms with Crippen molar-refractivity contribution in [1.29, 1.82) is 0 Å². The van der Waals surface area contributed by atoms with E-state index in [-0.39, 0.29) is 11.9 Å². The van der Waals surface area contributed by atoms with Gasteiger partial charge in [0.15, 0.2) is 0 Å². The van der Waals surface area contributed by atoms with E-state index >= 15 is 0 Å². The van der Waals surface area contributed by atoms with Crippen LogP contribution in [0, 0.1) is 5.41 Å². The van der Waals surface area contributed by atoms with Gasteiger partial charge in [-0.15, -0.1) is 0 Å². The van der Waals surface area contributed by atoms with Crippen LogP contribution in [0.2, 0.25) is 0 Å². The van der Waals surface area contributed by atoms with Crippen LogP contribution in [0.15, 0.2) is 0 Å². The molecule has 1 aliphatic rings. The van der Waals surface area contributed by atoms with Gasteiger partial charge in [0.05, 0.1) is 6.04 Å². The topological polar surface area (TPSA) is 70.2 Å². The highest BCUT2D eigenvalue weighted by molar-refractivity contribution is 5.96. The fourth-order valence-corrected chi connectivity index (χ4v) is 2.11. The minimum atomic E-state index is -0.425. The molecule has 0 aromatic rings. The van der Waals surface area contributed by atoms with Gasteiger partial charge in [-0.05, 0) is 38.5 Å². The summed E-state index contributed by atoms with van der Waals surface area (Å²) in [6.07, 6.45) is 4.89. The normalized spacial score (nSPS) is 17.9. The third-order valence-corrected chi connectivity index (χ3v) is 3.49. The van der Waals surface area contributed by atoms with E-state index in [1.807, 2.05) is 6.92 Å². The molecule has 0 radical (unpaired) electrons. The van der Waals surface area contributed by atoms with E-state index < -0.39 is 6.03 Å². The third kappa shape index (κ3) is 4.64. The highest BCUT2D eigenvalue weighted by Gasteiger charge is 2.41. The number of carbonyl (C=O) groups excluding carboxylic acids is 2. The Bertz CT molecular complexity index is 301. The monoisotopic (exact) mass is 255 g/mol. The van der Waals surface area contributed by atoms with E-state index in [1.165, 1.54) is 25.7 Å². The number of carbonyl (C=O) groups is 2. The third-order valence-electron chi connectivity index (χ3n) is 3.49. The zero-order chi connectivity index (χ0) is 13.6. The lowest BCUT2D eigenvalue weighted by Crippen LogP contribution is -2.49. The van der Waals surface area contributed by atoms with Crippen molar-refractivity contribution in [2.24, 2.45) is 5.41 Å². The summed E-state index contributed by atoms with van der Waals surface area (Å²) >= 11 is 0. The van der Waals surface area contributed by atoms with Gasteiger partial charge in [-0.1, -0.05) is 13.3 Å². The molecule has 1 rings (SSSR count). The van der Waals surface area contributed by atoms with Crippen LogP contribution in [0.1, 0.15) is 46.5 Å². The second kappa shape index (κ2) is 6.73. The van der Waals surface area contributed by atoms with Crippen molar-refractivity contribution in [2.75, 3.05) is 13.1 Å². The van der Waals surface area contributed by atoms with Crippen LogP contribution in [0.3, 0.4) is 0 Å². The average molecular weight is 255 g/mol. The lowest BCUT2D eigenvalue weighted by Gasteiger charge is -2.19.